The minimum absolute atomic E-state index is 0.248. The highest BCUT2D eigenvalue weighted by molar-refractivity contribution is 7.92. The standard InChI is InChI=1S/C7H15N3O2S/c1-9-7(10-8)6-4-2-3-5-13(6,11)12/h6H,2-5,8H2,1H3,(H,9,10). The van der Waals surface area contributed by atoms with Gasteiger partial charge in [-0.05, 0) is 12.8 Å². The number of hydrazine groups is 1. The topological polar surface area (TPSA) is 84.5 Å². The lowest BCUT2D eigenvalue weighted by atomic mass is 10.2. The van der Waals surface area contributed by atoms with Gasteiger partial charge in [0.1, 0.15) is 11.1 Å². The van der Waals surface area contributed by atoms with Crippen molar-refractivity contribution in [3.8, 4) is 0 Å². The average molecular weight is 205 g/mol. The molecule has 0 aromatic carbocycles. The Labute approximate surface area is 78.3 Å². The van der Waals surface area contributed by atoms with Crippen LogP contribution < -0.4 is 11.3 Å². The maximum absolute atomic E-state index is 11.6. The molecule has 1 fully saturated rings. The molecule has 0 radical (unpaired) electrons. The third kappa shape index (κ3) is 2.19. The van der Waals surface area contributed by atoms with Crippen molar-refractivity contribution in [1.29, 1.82) is 0 Å². The quantitative estimate of drug-likeness (QED) is 0.260. The Morgan fingerprint density at radius 1 is 1.54 bits per heavy atom. The number of hydrogen-bond acceptors (Lipinski definition) is 4. The molecule has 0 aliphatic carbocycles. The van der Waals surface area contributed by atoms with Crippen LogP contribution in [0.3, 0.4) is 0 Å². The van der Waals surface area contributed by atoms with Crippen molar-refractivity contribution in [3.05, 3.63) is 0 Å². The van der Waals surface area contributed by atoms with Crippen molar-refractivity contribution in [3.63, 3.8) is 0 Å². The van der Waals surface area contributed by atoms with E-state index in [0.29, 0.717) is 12.3 Å². The number of aliphatic imine (C=N–C) groups is 1. The fraction of sp³-hybridized carbons (Fsp3) is 0.857. The van der Waals surface area contributed by atoms with Crippen molar-refractivity contribution in [2.45, 2.75) is 24.5 Å². The van der Waals surface area contributed by atoms with E-state index in [1.54, 1.807) is 7.05 Å². The highest BCUT2D eigenvalue weighted by Crippen LogP contribution is 2.19. The van der Waals surface area contributed by atoms with Crippen LogP contribution in [0.25, 0.3) is 0 Å². The number of hydrogen-bond donors (Lipinski definition) is 2. The van der Waals surface area contributed by atoms with E-state index >= 15 is 0 Å². The van der Waals surface area contributed by atoms with Crippen LogP contribution in [0.5, 0.6) is 0 Å². The minimum atomic E-state index is -3.02. The summed E-state index contributed by atoms with van der Waals surface area (Å²) in [7, 11) is -1.48. The summed E-state index contributed by atoms with van der Waals surface area (Å²) in [4.78, 5) is 3.83. The molecule has 1 rings (SSSR count). The van der Waals surface area contributed by atoms with Crippen molar-refractivity contribution in [2.75, 3.05) is 12.8 Å². The first-order chi connectivity index (χ1) is 6.11. The van der Waals surface area contributed by atoms with E-state index in [1.807, 2.05) is 0 Å². The van der Waals surface area contributed by atoms with Gasteiger partial charge in [-0.2, -0.15) is 0 Å². The zero-order valence-electron chi connectivity index (χ0n) is 7.66. The maximum atomic E-state index is 11.6. The number of amidine groups is 1. The molecule has 0 amide bonds. The lowest BCUT2D eigenvalue weighted by molar-refractivity contribution is 0.561. The van der Waals surface area contributed by atoms with Gasteiger partial charge in [-0.1, -0.05) is 6.42 Å². The van der Waals surface area contributed by atoms with E-state index in [4.69, 9.17) is 5.84 Å². The molecule has 0 spiro atoms. The van der Waals surface area contributed by atoms with E-state index in [-0.39, 0.29) is 5.75 Å². The fourth-order valence-corrected chi connectivity index (χ4v) is 3.49. The Kier molecular flexibility index (Phi) is 3.27. The second-order valence-electron chi connectivity index (χ2n) is 3.10. The molecular formula is C7H15N3O2S. The number of rotatable bonds is 1. The number of nitrogens with zero attached hydrogens (tertiary/aromatic N) is 1. The van der Waals surface area contributed by atoms with Gasteiger partial charge in [-0.3, -0.25) is 4.99 Å². The van der Waals surface area contributed by atoms with Gasteiger partial charge in [0.2, 0.25) is 0 Å². The molecule has 76 valence electrons. The third-order valence-electron chi connectivity index (χ3n) is 2.27. The van der Waals surface area contributed by atoms with Crippen LogP contribution in [-0.4, -0.2) is 32.3 Å². The van der Waals surface area contributed by atoms with Crippen LogP contribution in [0.15, 0.2) is 4.99 Å². The van der Waals surface area contributed by atoms with Gasteiger partial charge in [-0.25, -0.2) is 14.3 Å². The smallest absolute Gasteiger partial charge is 0.160 e. The first kappa shape index (κ1) is 10.5. The van der Waals surface area contributed by atoms with Gasteiger partial charge in [-0.15, -0.1) is 0 Å². The summed E-state index contributed by atoms with van der Waals surface area (Å²) in [6, 6.07) is 0. The molecule has 13 heavy (non-hydrogen) atoms. The zero-order valence-corrected chi connectivity index (χ0v) is 8.47. The largest absolute Gasteiger partial charge is 0.311 e. The number of sulfone groups is 1. The lowest BCUT2D eigenvalue weighted by Gasteiger charge is -2.22. The molecule has 6 heteroatoms. The molecular weight excluding hydrogens is 190 g/mol. The van der Waals surface area contributed by atoms with Gasteiger partial charge in [0, 0.05) is 7.05 Å². The van der Waals surface area contributed by atoms with E-state index in [1.165, 1.54) is 0 Å². The summed E-state index contributed by atoms with van der Waals surface area (Å²) in [6.07, 6.45) is 2.30. The first-order valence-corrected chi connectivity index (χ1v) is 5.98. The molecule has 5 nitrogen and oxygen atoms in total. The van der Waals surface area contributed by atoms with Gasteiger partial charge < -0.3 is 5.43 Å². The van der Waals surface area contributed by atoms with Crippen LogP contribution in [0.4, 0.5) is 0 Å². The summed E-state index contributed by atoms with van der Waals surface area (Å²) in [5.74, 6) is 5.81. The number of nitrogens with one attached hydrogen (secondary N) is 1. The summed E-state index contributed by atoms with van der Waals surface area (Å²) >= 11 is 0. The Morgan fingerprint density at radius 2 is 2.23 bits per heavy atom. The van der Waals surface area contributed by atoms with Crippen LogP contribution >= 0.6 is 0 Å². The second-order valence-corrected chi connectivity index (χ2v) is 5.41. The average Bonchev–Trinajstić information content (AvgIpc) is 2.09. The van der Waals surface area contributed by atoms with Crippen molar-refractivity contribution < 1.29 is 8.42 Å². The second kappa shape index (κ2) is 4.06. The number of nitrogens with two attached hydrogens (primary N) is 1. The zero-order chi connectivity index (χ0) is 9.90. The molecule has 0 aromatic rings. The normalized spacial score (nSPS) is 28.5. The predicted octanol–water partition coefficient (Wildman–Crippen LogP) is -0.555. The highest BCUT2D eigenvalue weighted by Gasteiger charge is 2.32. The monoisotopic (exact) mass is 205 g/mol. The molecule has 3 N–H and O–H groups in total. The van der Waals surface area contributed by atoms with Crippen LogP contribution in [0.2, 0.25) is 0 Å². The van der Waals surface area contributed by atoms with E-state index < -0.39 is 15.1 Å². The summed E-state index contributed by atoms with van der Waals surface area (Å²) in [5.41, 5.74) is 2.35. The molecule has 0 saturated carbocycles. The van der Waals surface area contributed by atoms with Crippen molar-refractivity contribution in [1.82, 2.24) is 5.43 Å². The van der Waals surface area contributed by atoms with E-state index in [2.05, 4.69) is 10.4 Å². The van der Waals surface area contributed by atoms with E-state index in [9.17, 15) is 8.42 Å². The first-order valence-electron chi connectivity index (χ1n) is 4.26. The SMILES string of the molecule is CN=C(NN)C1CCCCS1(=O)=O. The van der Waals surface area contributed by atoms with Crippen LogP contribution in [0, 0.1) is 0 Å². The van der Waals surface area contributed by atoms with E-state index in [0.717, 1.165) is 12.8 Å². The summed E-state index contributed by atoms with van der Waals surface area (Å²) < 4.78 is 23.1. The molecule has 1 unspecified atom stereocenters. The molecule has 1 aliphatic heterocycles. The molecule has 0 aromatic heterocycles. The molecule has 1 atom stereocenters. The lowest BCUT2D eigenvalue weighted by Crippen LogP contribution is -2.45. The molecule has 0 bridgehead atoms. The van der Waals surface area contributed by atoms with Crippen LogP contribution in [0.1, 0.15) is 19.3 Å². The summed E-state index contributed by atoms with van der Waals surface area (Å²) in [6.45, 7) is 0. The Morgan fingerprint density at radius 3 is 2.69 bits per heavy atom. The van der Waals surface area contributed by atoms with Crippen molar-refractivity contribution in [2.24, 2.45) is 10.8 Å². The third-order valence-corrected chi connectivity index (χ3v) is 4.46. The Balaban J connectivity index is 2.89. The van der Waals surface area contributed by atoms with Gasteiger partial charge in [0.15, 0.2) is 9.84 Å². The minimum Gasteiger partial charge on any atom is -0.311 e. The highest BCUT2D eigenvalue weighted by atomic mass is 32.2. The van der Waals surface area contributed by atoms with Gasteiger partial charge in [0.05, 0.1) is 5.75 Å². The maximum Gasteiger partial charge on any atom is 0.160 e. The van der Waals surface area contributed by atoms with Crippen molar-refractivity contribution >= 4 is 15.7 Å². The van der Waals surface area contributed by atoms with Gasteiger partial charge >= 0.3 is 0 Å². The Hall–Kier alpha value is -0.620. The molecule has 1 aliphatic rings. The Bertz CT molecular complexity index is 297. The fourth-order valence-electron chi connectivity index (χ4n) is 1.56. The molecule has 1 heterocycles. The molecule has 1 saturated heterocycles. The summed E-state index contributed by atoms with van der Waals surface area (Å²) in [5, 5.41) is -0.517. The van der Waals surface area contributed by atoms with Gasteiger partial charge in [0.25, 0.3) is 0 Å². The predicted molar refractivity (Wildman–Crippen MR) is 52.1 cm³/mol. The van der Waals surface area contributed by atoms with Crippen LogP contribution in [-0.2, 0) is 9.84 Å².